The van der Waals surface area contributed by atoms with Crippen molar-refractivity contribution < 1.29 is 18.3 Å². The number of aryl methyl sites for hydroxylation is 2. The molecule has 1 aromatic carbocycles. The van der Waals surface area contributed by atoms with Gasteiger partial charge >= 0.3 is 6.03 Å². The summed E-state index contributed by atoms with van der Waals surface area (Å²) in [6.07, 6.45) is 6.32. The van der Waals surface area contributed by atoms with E-state index >= 15 is 0 Å². The topological polar surface area (TPSA) is 126 Å². The molecule has 0 unspecified atom stereocenters. The van der Waals surface area contributed by atoms with Crippen molar-refractivity contribution in [2.75, 3.05) is 5.32 Å². The number of nitrogens with one attached hydrogen (secondary N) is 2. The first-order valence-corrected chi connectivity index (χ1v) is 10.9. The first-order valence-electron chi connectivity index (χ1n) is 9.42. The van der Waals surface area contributed by atoms with Gasteiger partial charge in [0.1, 0.15) is 0 Å². The zero-order valence-corrected chi connectivity index (χ0v) is 16.4. The minimum atomic E-state index is -4.16. The van der Waals surface area contributed by atoms with Crippen molar-refractivity contribution in [2.24, 2.45) is 0 Å². The third-order valence-corrected chi connectivity index (χ3v) is 6.37. The Balaban J connectivity index is 1.53. The SMILES string of the molecule is C[C@@H](O)Cn1cc(S(=O)(=O)NC(=O)Nc2c3c(cc4c2CCC4)CCC3)nn1. The molecule has 0 radical (unpaired) electrons. The van der Waals surface area contributed by atoms with Gasteiger partial charge in [-0.1, -0.05) is 11.3 Å². The summed E-state index contributed by atoms with van der Waals surface area (Å²) in [5.41, 5.74) is 5.51. The summed E-state index contributed by atoms with van der Waals surface area (Å²) in [7, 11) is -4.16. The lowest BCUT2D eigenvalue weighted by molar-refractivity contribution is 0.167. The van der Waals surface area contributed by atoms with Crippen LogP contribution in [0.5, 0.6) is 0 Å². The molecule has 0 fully saturated rings. The van der Waals surface area contributed by atoms with Crippen LogP contribution in [0.25, 0.3) is 0 Å². The number of urea groups is 1. The Labute approximate surface area is 163 Å². The Morgan fingerprint density at radius 2 is 1.86 bits per heavy atom. The molecule has 150 valence electrons. The molecular weight excluding hydrogens is 382 g/mol. The molecule has 2 aliphatic carbocycles. The molecule has 28 heavy (non-hydrogen) atoms. The summed E-state index contributed by atoms with van der Waals surface area (Å²) in [6, 6.07) is 1.43. The van der Waals surface area contributed by atoms with E-state index in [1.54, 1.807) is 6.92 Å². The Hall–Kier alpha value is -2.46. The summed E-state index contributed by atoms with van der Waals surface area (Å²) in [4.78, 5) is 12.5. The normalized spacial score (nSPS) is 16.5. The molecular formula is C18H23N5O4S. The average Bonchev–Trinajstić information content (AvgIpc) is 3.32. The molecule has 0 bridgehead atoms. The van der Waals surface area contributed by atoms with Crippen molar-refractivity contribution in [2.45, 2.75) is 63.1 Å². The fourth-order valence-electron chi connectivity index (χ4n) is 4.04. The number of aromatic nitrogens is 3. The molecule has 9 nitrogen and oxygen atoms in total. The van der Waals surface area contributed by atoms with Crippen LogP contribution < -0.4 is 10.0 Å². The summed E-state index contributed by atoms with van der Waals surface area (Å²) < 4.78 is 28.1. The van der Waals surface area contributed by atoms with Gasteiger partial charge in [-0.05, 0) is 67.7 Å². The van der Waals surface area contributed by atoms with E-state index in [4.69, 9.17) is 0 Å². The number of rotatable bonds is 5. The van der Waals surface area contributed by atoms with E-state index in [1.807, 2.05) is 4.72 Å². The highest BCUT2D eigenvalue weighted by Gasteiger charge is 2.27. The summed E-state index contributed by atoms with van der Waals surface area (Å²) in [5, 5.41) is 19.0. The van der Waals surface area contributed by atoms with Gasteiger partial charge in [0.25, 0.3) is 10.0 Å². The molecule has 4 rings (SSSR count). The number of carbonyl (C=O) groups is 1. The van der Waals surface area contributed by atoms with Gasteiger partial charge in [-0.25, -0.2) is 14.2 Å². The Morgan fingerprint density at radius 3 is 2.46 bits per heavy atom. The van der Waals surface area contributed by atoms with Crippen molar-refractivity contribution in [1.82, 2.24) is 19.7 Å². The van der Waals surface area contributed by atoms with Gasteiger partial charge in [-0.2, -0.15) is 8.42 Å². The second-order valence-corrected chi connectivity index (χ2v) is 9.05. The highest BCUT2D eigenvalue weighted by molar-refractivity contribution is 7.90. The lowest BCUT2D eigenvalue weighted by Crippen LogP contribution is -2.35. The van der Waals surface area contributed by atoms with E-state index in [0.717, 1.165) is 55.3 Å². The molecule has 0 saturated carbocycles. The Morgan fingerprint density at radius 1 is 1.21 bits per heavy atom. The van der Waals surface area contributed by atoms with Gasteiger partial charge in [0.05, 0.1) is 18.8 Å². The quantitative estimate of drug-likeness (QED) is 0.685. The van der Waals surface area contributed by atoms with Crippen molar-refractivity contribution in [3.05, 3.63) is 34.5 Å². The van der Waals surface area contributed by atoms with Crippen molar-refractivity contribution in [3.8, 4) is 0 Å². The molecule has 2 amide bonds. The molecule has 2 aromatic rings. The van der Waals surface area contributed by atoms with Crippen molar-refractivity contribution in [1.29, 1.82) is 0 Å². The molecule has 2 aliphatic rings. The van der Waals surface area contributed by atoms with Gasteiger partial charge < -0.3 is 10.4 Å². The van der Waals surface area contributed by atoms with E-state index < -0.39 is 22.2 Å². The fourth-order valence-corrected chi connectivity index (χ4v) is 4.85. The number of aliphatic hydroxyl groups is 1. The van der Waals surface area contributed by atoms with E-state index in [0.29, 0.717) is 0 Å². The molecule has 1 aromatic heterocycles. The maximum absolute atomic E-state index is 12.5. The predicted octanol–water partition coefficient (Wildman–Crippen LogP) is 1.15. The maximum Gasteiger partial charge on any atom is 0.333 e. The second-order valence-electron chi connectivity index (χ2n) is 7.42. The number of carbonyl (C=O) groups excluding carboxylic acids is 1. The standard InChI is InChI=1S/C18H23N5O4S/c1-11(24)9-23-10-16(20-22-23)28(26,27)21-18(25)19-17-14-6-2-4-12(14)8-13-5-3-7-15(13)17/h8,10-11,24H,2-7,9H2,1H3,(H2,19,21,25)/t11-/m1/s1. The smallest absolute Gasteiger partial charge is 0.333 e. The number of sulfonamides is 1. The zero-order valence-electron chi connectivity index (χ0n) is 15.6. The first kappa shape index (κ1) is 18.9. The molecule has 1 atom stereocenters. The summed E-state index contributed by atoms with van der Waals surface area (Å²) in [5.74, 6) is 0. The molecule has 3 N–H and O–H groups in total. The minimum Gasteiger partial charge on any atom is -0.391 e. The first-order chi connectivity index (χ1) is 13.3. The van der Waals surface area contributed by atoms with Crippen LogP contribution in [0.3, 0.4) is 0 Å². The van der Waals surface area contributed by atoms with Crippen LogP contribution in [-0.2, 0) is 42.3 Å². The highest BCUT2D eigenvalue weighted by Crippen LogP contribution is 2.38. The number of hydrogen-bond donors (Lipinski definition) is 3. The number of anilines is 1. The van der Waals surface area contributed by atoms with Crippen LogP contribution in [0, 0.1) is 0 Å². The van der Waals surface area contributed by atoms with Gasteiger partial charge in [0, 0.05) is 5.69 Å². The molecule has 1 heterocycles. The number of aliphatic hydroxyl groups excluding tert-OH is 1. The summed E-state index contributed by atoms with van der Waals surface area (Å²) in [6.45, 7) is 1.66. The number of amides is 2. The van der Waals surface area contributed by atoms with E-state index in [1.165, 1.54) is 22.0 Å². The fraction of sp³-hybridized carbons (Fsp3) is 0.500. The molecule has 0 spiro atoms. The van der Waals surface area contributed by atoms with Crippen LogP contribution >= 0.6 is 0 Å². The van der Waals surface area contributed by atoms with Gasteiger partial charge in [-0.15, -0.1) is 5.10 Å². The maximum atomic E-state index is 12.5. The third-order valence-electron chi connectivity index (χ3n) is 5.18. The Kier molecular flexibility index (Phi) is 4.84. The van der Waals surface area contributed by atoms with Gasteiger partial charge in [0.2, 0.25) is 5.03 Å². The lowest BCUT2D eigenvalue weighted by atomic mass is 9.99. The number of hydrogen-bond acceptors (Lipinski definition) is 6. The van der Waals surface area contributed by atoms with Crippen LogP contribution in [0.1, 0.15) is 42.0 Å². The Bertz CT molecular complexity index is 997. The highest BCUT2D eigenvalue weighted by atomic mass is 32.2. The summed E-state index contributed by atoms with van der Waals surface area (Å²) >= 11 is 0. The number of fused-ring (bicyclic) bond motifs is 2. The predicted molar refractivity (Wildman–Crippen MR) is 102 cm³/mol. The van der Waals surface area contributed by atoms with Crippen molar-refractivity contribution in [3.63, 3.8) is 0 Å². The van der Waals surface area contributed by atoms with Crippen LogP contribution in [0.2, 0.25) is 0 Å². The molecule has 0 aliphatic heterocycles. The second kappa shape index (κ2) is 7.17. The van der Waals surface area contributed by atoms with Crippen LogP contribution in [0.4, 0.5) is 10.5 Å². The van der Waals surface area contributed by atoms with Crippen molar-refractivity contribution >= 4 is 21.7 Å². The van der Waals surface area contributed by atoms with Gasteiger partial charge in [-0.3, -0.25) is 0 Å². The molecule has 10 heteroatoms. The van der Waals surface area contributed by atoms with E-state index in [2.05, 4.69) is 21.7 Å². The van der Waals surface area contributed by atoms with E-state index in [-0.39, 0.29) is 11.6 Å². The minimum absolute atomic E-state index is 0.108. The van der Waals surface area contributed by atoms with Crippen LogP contribution in [0.15, 0.2) is 17.3 Å². The largest absolute Gasteiger partial charge is 0.391 e. The van der Waals surface area contributed by atoms with E-state index in [9.17, 15) is 18.3 Å². The monoisotopic (exact) mass is 405 g/mol. The zero-order chi connectivity index (χ0) is 19.9. The van der Waals surface area contributed by atoms with Gasteiger partial charge in [0.15, 0.2) is 0 Å². The third kappa shape index (κ3) is 3.61. The number of benzene rings is 1. The van der Waals surface area contributed by atoms with Crippen LogP contribution in [-0.4, -0.2) is 40.7 Å². The average molecular weight is 405 g/mol. The number of nitrogens with zero attached hydrogens (tertiary/aromatic N) is 3. The molecule has 0 saturated heterocycles. The lowest BCUT2D eigenvalue weighted by Gasteiger charge is -2.16.